The number of benzene rings is 5. The second kappa shape index (κ2) is 9.83. The smallest absolute Gasteiger partial charge is 0.0401 e. The van der Waals surface area contributed by atoms with Crippen LogP contribution in [0.1, 0.15) is 29.5 Å². The van der Waals surface area contributed by atoms with Crippen LogP contribution in [-0.2, 0) is 0 Å². The summed E-state index contributed by atoms with van der Waals surface area (Å²) in [5.74, 6) is 0.181. The molecule has 5 aromatic rings. The van der Waals surface area contributed by atoms with Crippen molar-refractivity contribution < 1.29 is 0 Å². The molecule has 1 atom stereocenters. The van der Waals surface area contributed by atoms with E-state index >= 15 is 0 Å². The number of fused-ring (bicyclic) bond motifs is 3. The Hall–Kier alpha value is -4.56. The quantitative estimate of drug-likeness (QED) is 0.250. The lowest BCUT2D eigenvalue weighted by atomic mass is 9.90. The van der Waals surface area contributed by atoms with Gasteiger partial charge in [0.05, 0.1) is 0 Å². The van der Waals surface area contributed by atoms with Crippen LogP contribution in [-0.4, -0.2) is 6.54 Å². The Labute approximate surface area is 218 Å². The van der Waals surface area contributed by atoms with Crippen LogP contribution in [0.4, 0.5) is 0 Å². The first-order valence-electron chi connectivity index (χ1n) is 12.9. The van der Waals surface area contributed by atoms with Crippen LogP contribution in [0, 0.1) is 0 Å². The molecule has 1 heterocycles. The van der Waals surface area contributed by atoms with Crippen LogP contribution in [0.25, 0.3) is 43.9 Å². The summed E-state index contributed by atoms with van der Waals surface area (Å²) in [4.78, 5) is 0. The molecule has 0 saturated heterocycles. The topological polar surface area (TPSA) is 38.0 Å². The second-order valence-electron chi connectivity index (χ2n) is 9.73. The minimum absolute atomic E-state index is 0.181. The molecule has 3 N–H and O–H groups in total. The minimum Gasteiger partial charge on any atom is -0.398 e. The van der Waals surface area contributed by atoms with Crippen molar-refractivity contribution in [2.24, 2.45) is 5.73 Å². The van der Waals surface area contributed by atoms with E-state index in [1.54, 1.807) is 0 Å². The van der Waals surface area contributed by atoms with Crippen LogP contribution in [0.3, 0.4) is 0 Å². The summed E-state index contributed by atoms with van der Waals surface area (Å²) in [5, 5.41) is 8.40. The highest BCUT2D eigenvalue weighted by Crippen LogP contribution is 2.34. The molecule has 5 aromatic carbocycles. The summed E-state index contributed by atoms with van der Waals surface area (Å²) in [6, 6.07) is 36.9. The molecule has 1 aliphatic heterocycles. The van der Waals surface area contributed by atoms with Crippen molar-refractivity contribution in [1.82, 2.24) is 5.32 Å². The molecule has 6 rings (SSSR count). The fourth-order valence-corrected chi connectivity index (χ4v) is 5.31. The van der Waals surface area contributed by atoms with Gasteiger partial charge in [0.2, 0.25) is 0 Å². The lowest BCUT2D eigenvalue weighted by Gasteiger charge is -2.15. The van der Waals surface area contributed by atoms with E-state index in [1.807, 2.05) is 12.3 Å². The molecule has 1 unspecified atom stereocenters. The molecule has 2 heteroatoms. The normalized spacial score (nSPS) is 14.4. The molecule has 180 valence electrons. The van der Waals surface area contributed by atoms with E-state index in [0.717, 1.165) is 17.8 Å². The fourth-order valence-electron chi connectivity index (χ4n) is 5.31. The molecule has 2 nitrogen and oxygen atoms in total. The van der Waals surface area contributed by atoms with Gasteiger partial charge in [0.1, 0.15) is 0 Å². The van der Waals surface area contributed by atoms with Gasteiger partial charge >= 0.3 is 0 Å². The number of hydrogen-bond acceptors (Lipinski definition) is 2. The van der Waals surface area contributed by atoms with Gasteiger partial charge in [0.15, 0.2) is 0 Å². The largest absolute Gasteiger partial charge is 0.398 e. The predicted molar refractivity (Wildman–Crippen MR) is 159 cm³/mol. The molecule has 0 aromatic heterocycles. The Morgan fingerprint density at radius 3 is 2.08 bits per heavy atom. The first kappa shape index (κ1) is 22.9. The number of allylic oxidation sites excluding steroid dienone is 3. The Morgan fingerprint density at radius 1 is 0.757 bits per heavy atom. The Morgan fingerprint density at radius 2 is 1.38 bits per heavy atom. The van der Waals surface area contributed by atoms with Crippen LogP contribution in [0.5, 0.6) is 0 Å². The number of dihydropyridines is 1. The van der Waals surface area contributed by atoms with Gasteiger partial charge in [0.25, 0.3) is 0 Å². The second-order valence-corrected chi connectivity index (χ2v) is 9.73. The molecule has 1 aliphatic rings. The Kier molecular flexibility index (Phi) is 6.08. The van der Waals surface area contributed by atoms with Gasteiger partial charge in [-0.15, -0.1) is 0 Å². The summed E-state index contributed by atoms with van der Waals surface area (Å²) in [5.41, 5.74) is 14.7. The van der Waals surface area contributed by atoms with Gasteiger partial charge in [-0.3, -0.25) is 0 Å². The van der Waals surface area contributed by atoms with E-state index in [9.17, 15) is 0 Å². The van der Waals surface area contributed by atoms with Crippen molar-refractivity contribution in [1.29, 1.82) is 0 Å². The summed E-state index contributed by atoms with van der Waals surface area (Å²) in [6.45, 7) is 3.09. The van der Waals surface area contributed by atoms with E-state index in [-0.39, 0.29) is 5.92 Å². The summed E-state index contributed by atoms with van der Waals surface area (Å²) in [7, 11) is 0. The maximum Gasteiger partial charge on any atom is 0.0401 e. The van der Waals surface area contributed by atoms with Crippen molar-refractivity contribution in [3.05, 3.63) is 144 Å². The SMILES string of the molecule is CC(/C=C(\N)c1ccc(-c2ccc(C3=CC=CNC3)cc2)cc1)c1cc2ccccc2c2ccccc12. The molecule has 0 fully saturated rings. The zero-order valence-electron chi connectivity index (χ0n) is 21.0. The highest BCUT2D eigenvalue weighted by atomic mass is 14.8. The minimum atomic E-state index is 0.181. The van der Waals surface area contributed by atoms with Gasteiger partial charge < -0.3 is 11.1 Å². The summed E-state index contributed by atoms with van der Waals surface area (Å²) < 4.78 is 0. The molecule has 0 amide bonds. The van der Waals surface area contributed by atoms with E-state index in [4.69, 9.17) is 5.73 Å². The van der Waals surface area contributed by atoms with Crippen molar-refractivity contribution in [3.8, 4) is 11.1 Å². The van der Waals surface area contributed by atoms with Gasteiger partial charge in [-0.1, -0.05) is 116 Å². The predicted octanol–water partition coefficient (Wildman–Crippen LogP) is 8.26. The zero-order valence-corrected chi connectivity index (χ0v) is 21.0. The Balaban J connectivity index is 1.26. The average Bonchev–Trinajstić information content (AvgIpc) is 2.97. The Bertz CT molecular complexity index is 1670. The average molecular weight is 479 g/mol. The van der Waals surface area contributed by atoms with Crippen LogP contribution < -0.4 is 11.1 Å². The van der Waals surface area contributed by atoms with Gasteiger partial charge in [0, 0.05) is 18.2 Å². The van der Waals surface area contributed by atoms with E-state index in [1.165, 1.54) is 49.4 Å². The first-order chi connectivity index (χ1) is 18.2. The van der Waals surface area contributed by atoms with Crippen molar-refractivity contribution >= 4 is 32.8 Å². The van der Waals surface area contributed by atoms with Crippen molar-refractivity contribution in [2.75, 3.05) is 6.54 Å². The molecule has 0 bridgehead atoms. The van der Waals surface area contributed by atoms with Crippen LogP contribution in [0.15, 0.2) is 128 Å². The maximum absolute atomic E-state index is 6.62. The molecular weight excluding hydrogens is 448 g/mol. The maximum atomic E-state index is 6.62. The molecule has 0 aliphatic carbocycles. The highest BCUT2D eigenvalue weighted by Gasteiger charge is 2.12. The molecule has 37 heavy (non-hydrogen) atoms. The number of nitrogens with one attached hydrogen (secondary N) is 1. The molecule has 0 spiro atoms. The molecule has 0 saturated carbocycles. The third-order valence-corrected chi connectivity index (χ3v) is 7.33. The zero-order chi connectivity index (χ0) is 25.2. The monoisotopic (exact) mass is 478 g/mol. The molecular formula is C35H30N2. The summed E-state index contributed by atoms with van der Waals surface area (Å²) >= 11 is 0. The highest BCUT2D eigenvalue weighted by molar-refractivity contribution is 6.09. The first-order valence-corrected chi connectivity index (χ1v) is 12.9. The van der Waals surface area contributed by atoms with Crippen molar-refractivity contribution in [2.45, 2.75) is 12.8 Å². The van der Waals surface area contributed by atoms with Crippen LogP contribution >= 0.6 is 0 Å². The van der Waals surface area contributed by atoms with E-state index in [0.29, 0.717) is 0 Å². The third-order valence-electron chi connectivity index (χ3n) is 7.33. The van der Waals surface area contributed by atoms with E-state index < -0.39 is 0 Å². The van der Waals surface area contributed by atoms with E-state index in [2.05, 4.69) is 128 Å². The van der Waals surface area contributed by atoms with Crippen LogP contribution in [0.2, 0.25) is 0 Å². The van der Waals surface area contributed by atoms with Crippen molar-refractivity contribution in [3.63, 3.8) is 0 Å². The van der Waals surface area contributed by atoms with Gasteiger partial charge in [-0.2, -0.15) is 0 Å². The summed E-state index contributed by atoms with van der Waals surface area (Å²) in [6.07, 6.45) is 8.37. The standard InChI is InChI=1S/C35H30N2/c1-24(34-22-29-7-2-3-9-31(29)32-10-4-5-11-33(32)34)21-35(36)28-18-16-26(17-19-28)25-12-14-27(15-13-25)30-8-6-20-37-23-30/h2-22,24,37H,23,36H2,1H3/b35-21-. The number of rotatable bonds is 5. The van der Waals surface area contributed by atoms with Gasteiger partial charge in [-0.05, 0) is 73.3 Å². The molecule has 0 radical (unpaired) electrons. The fraction of sp³-hybridized carbons (Fsp3) is 0.0857. The lowest BCUT2D eigenvalue weighted by molar-refractivity contribution is 0.981. The lowest BCUT2D eigenvalue weighted by Crippen LogP contribution is -2.11. The number of nitrogens with two attached hydrogens (primary N) is 1. The third kappa shape index (κ3) is 4.54. The number of hydrogen-bond donors (Lipinski definition) is 2. The van der Waals surface area contributed by atoms with Gasteiger partial charge in [-0.25, -0.2) is 0 Å².